The number of imidazole rings is 1. The highest BCUT2D eigenvalue weighted by molar-refractivity contribution is 6.05. The summed E-state index contributed by atoms with van der Waals surface area (Å²) in [5.74, 6) is 0.535. The van der Waals surface area contributed by atoms with Gasteiger partial charge in [-0.05, 0) is 36.9 Å². The van der Waals surface area contributed by atoms with Gasteiger partial charge in [0.2, 0.25) is 5.91 Å². The van der Waals surface area contributed by atoms with Gasteiger partial charge in [-0.15, -0.1) is 0 Å². The van der Waals surface area contributed by atoms with E-state index in [1.54, 1.807) is 39.5 Å². The van der Waals surface area contributed by atoms with Gasteiger partial charge in [0.25, 0.3) is 5.91 Å². The maximum atomic E-state index is 12.5. The lowest BCUT2D eigenvalue weighted by Gasteiger charge is -2.09. The van der Waals surface area contributed by atoms with Gasteiger partial charge < -0.3 is 15.2 Å². The molecule has 178 valence electrons. The third kappa shape index (κ3) is 4.69. The summed E-state index contributed by atoms with van der Waals surface area (Å²) in [5, 5.41) is 10.8. The fourth-order valence-electron chi connectivity index (χ4n) is 3.41. The van der Waals surface area contributed by atoms with Crippen LogP contribution in [0.1, 0.15) is 36.2 Å². The number of aliphatic imine (C=N–C) groups is 1. The van der Waals surface area contributed by atoms with Crippen LogP contribution in [-0.4, -0.2) is 67.7 Å². The van der Waals surface area contributed by atoms with Gasteiger partial charge in [0.05, 0.1) is 22.7 Å². The Morgan fingerprint density at radius 3 is 2.74 bits per heavy atom. The molecule has 2 amide bonds. The van der Waals surface area contributed by atoms with Crippen molar-refractivity contribution in [2.75, 3.05) is 14.1 Å². The fourth-order valence-corrected chi connectivity index (χ4v) is 3.41. The summed E-state index contributed by atoms with van der Waals surface area (Å²) in [5.41, 5.74) is 4.47. The summed E-state index contributed by atoms with van der Waals surface area (Å²) in [4.78, 5) is 46.0. The molecule has 35 heavy (non-hydrogen) atoms. The number of aromatic amines is 2. The van der Waals surface area contributed by atoms with Crippen LogP contribution in [0.4, 0.5) is 0 Å². The second-order valence-corrected chi connectivity index (χ2v) is 8.02. The molecule has 11 heteroatoms. The molecule has 4 rings (SSSR count). The summed E-state index contributed by atoms with van der Waals surface area (Å²) in [6, 6.07) is 1.95. The van der Waals surface area contributed by atoms with Crippen molar-refractivity contribution in [3.8, 4) is 11.5 Å². The van der Waals surface area contributed by atoms with Crippen LogP contribution < -0.4 is 5.32 Å². The van der Waals surface area contributed by atoms with E-state index in [9.17, 15) is 9.59 Å². The number of fused-ring (bicyclic) bond motifs is 2. The summed E-state index contributed by atoms with van der Waals surface area (Å²) >= 11 is 0. The van der Waals surface area contributed by atoms with Crippen LogP contribution in [0.25, 0.3) is 39.2 Å². The number of amides is 2. The van der Waals surface area contributed by atoms with Gasteiger partial charge in [-0.3, -0.25) is 19.7 Å². The van der Waals surface area contributed by atoms with E-state index in [2.05, 4.69) is 47.2 Å². The number of carbonyl (C=O) groups excluding carboxylic acids is 2. The Kier molecular flexibility index (Phi) is 6.49. The lowest BCUT2D eigenvalue weighted by Crippen LogP contribution is -2.22. The Morgan fingerprint density at radius 2 is 2.03 bits per heavy atom. The molecule has 11 nitrogen and oxygen atoms in total. The molecule has 0 aliphatic carbocycles. The maximum Gasteiger partial charge on any atom is 0.257 e. The predicted octanol–water partition coefficient (Wildman–Crippen LogP) is 3.07. The Balaban J connectivity index is 1.73. The highest BCUT2D eigenvalue weighted by atomic mass is 16.2. The number of pyridine rings is 2. The number of nitrogens with zero attached hydrogens (tertiary/aromatic N) is 6. The molecule has 3 N–H and O–H groups in total. The third-order valence-corrected chi connectivity index (χ3v) is 5.38. The van der Waals surface area contributed by atoms with Crippen molar-refractivity contribution in [3.63, 3.8) is 0 Å². The van der Waals surface area contributed by atoms with E-state index in [0.29, 0.717) is 46.0 Å². The second kappa shape index (κ2) is 9.67. The average molecular weight is 472 g/mol. The van der Waals surface area contributed by atoms with E-state index >= 15 is 0 Å². The normalized spacial score (nSPS) is 12.2. The molecule has 0 unspecified atom stereocenters. The molecule has 0 spiro atoms. The molecule has 0 bridgehead atoms. The van der Waals surface area contributed by atoms with Crippen LogP contribution in [-0.2, 0) is 4.79 Å². The molecule has 0 aliphatic heterocycles. The van der Waals surface area contributed by atoms with Gasteiger partial charge in [-0.2, -0.15) is 5.10 Å². The Bertz CT molecular complexity index is 1510. The number of H-pyrrole nitrogens is 2. The number of hydrogen-bond donors (Lipinski definition) is 3. The van der Waals surface area contributed by atoms with Crippen LogP contribution in [0.5, 0.6) is 0 Å². The van der Waals surface area contributed by atoms with Crippen molar-refractivity contribution in [2.24, 2.45) is 4.99 Å². The van der Waals surface area contributed by atoms with Crippen molar-refractivity contribution < 1.29 is 9.59 Å². The van der Waals surface area contributed by atoms with E-state index in [0.717, 1.165) is 16.5 Å². The SMILES string of the molecule is C=N/C(=C\C=C(/C)c1cnc2[nH]nc(-c3nc4c(C(=O)N(C)C)cncc4[nH]3)c2c1)NC(=O)CC. The minimum absolute atomic E-state index is 0.141. The average Bonchev–Trinajstić information content (AvgIpc) is 3.48. The lowest BCUT2D eigenvalue weighted by molar-refractivity contribution is -0.120. The monoisotopic (exact) mass is 471 g/mol. The van der Waals surface area contributed by atoms with Crippen LogP contribution in [0.3, 0.4) is 0 Å². The molecule has 0 aliphatic rings. The topological polar surface area (TPSA) is 145 Å². The van der Waals surface area contributed by atoms with Crippen LogP contribution in [0.15, 0.2) is 47.6 Å². The first-order chi connectivity index (χ1) is 16.8. The third-order valence-electron chi connectivity index (χ3n) is 5.38. The summed E-state index contributed by atoms with van der Waals surface area (Å²) < 4.78 is 0. The van der Waals surface area contributed by atoms with Gasteiger partial charge in [-0.1, -0.05) is 13.0 Å². The maximum absolute atomic E-state index is 12.5. The van der Waals surface area contributed by atoms with Crippen molar-refractivity contribution >= 4 is 46.2 Å². The van der Waals surface area contributed by atoms with Crippen LogP contribution in [0.2, 0.25) is 0 Å². The Hall–Kier alpha value is -4.67. The quantitative estimate of drug-likeness (QED) is 0.279. The first-order valence-electron chi connectivity index (χ1n) is 10.9. The molecule has 4 heterocycles. The number of carbonyl (C=O) groups is 2. The minimum atomic E-state index is -0.186. The van der Waals surface area contributed by atoms with Crippen molar-refractivity contribution in [3.05, 3.63) is 53.8 Å². The number of rotatable bonds is 7. The summed E-state index contributed by atoms with van der Waals surface area (Å²) in [6.07, 6.45) is 8.72. The zero-order valence-corrected chi connectivity index (χ0v) is 19.9. The van der Waals surface area contributed by atoms with Crippen molar-refractivity contribution in [1.29, 1.82) is 0 Å². The smallest absolute Gasteiger partial charge is 0.257 e. The van der Waals surface area contributed by atoms with Gasteiger partial charge in [0.1, 0.15) is 17.0 Å². The molecule has 0 fully saturated rings. The molecule has 0 saturated carbocycles. The predicted molar refractivity (Wildman–Crippen MR) is 135 cm³/mol. The standard InChI is InChI=1S/C24H25N9O2/c1-6-19(34)29-18(25-3)8-7-13(2)14-9-15-21(31-32-22(15)27-10-14)23-28-17-12-26-11-16(20(17)30-23)24(35)33(4)5/h7-12H,3,6H2,1-2,4-5H3,(H,28,30)(H,29,34)(H,27,31,32)/b13-7+,18-8+. The Labute approximate surface area is 201 Å². The van der Waals surface area contributed by atoms with Crippen LogP contribution >= 0.6 is 0 Å². The fraction of sp³-hybridized carbons (Fsp3) is 0.208. The second-order valence-electron chi connectivity index (χ2n) is 8.02. The van der Waals surface area contributed by atoms with E-state index in [1.165, 1.54) is 11.1 Å². The molecule has 4 aromatic heterocycles. The van der Waals surface area contributed by atoms with E-state index in [4.69, 9.17) is 0 Å². The largest absolute Gasteiger partial charge is 0.345 e. The highest BCUT2D eigenvalue weighted by Crippen LogP contribution is 2.28. The number of nitrogens with one attached hydrogen (secondary N) is 3. The van der Waals surface area contributed by atoms with E-state index in [1.807, 2.05) is 19.1 Å². The molecule has 0 saturated heterocycles. The van der Waals surface area contributed by atoms with Crippen molar-refractivity contribution in [2.45, 2.75) is 20.3 Å². The van der Waals surface area contributed by atoms with Crippen LogP contribution in [0, 0.1) is 0 Å². The molecule has 0 radical (unpaired) electrons. The van der Waals surface area contributed by atoms with E-state index < -0.39 is 0 Å². The molecular weight excluding hydrogens is 446 g/mol. The van der Waals surface area contributed by atoms with Gasteiger partial charge in [-0.25, -0.2) is 15.0 Å². The molecule has 0 aromatic carbocycles. The van der Waals surface area contributed by atoms with Gasteiger partial charge in [0, 0.05) is 32.9 Å². The van der Waals surface area contributed by atoms with Gasteiger partial charge >= 0.3 is 0 Å². The Morgan fingerprint density at radius 1 is 1.23 bits per heavy atom. The molecule has 0 atom stereocenters. The summed E-state index contributed by atoms with van der Waals surface area (Å²) in [6.45, 7) is 7.19. The zero-order valence-electron chi connectivity index (χ0n) is 19.9. The first kappa shape index (κ1) is 23.5. The number of hydrogen-bond acceptors (Lipinski definition) is 7. The minimum Gasteiger partial charge on any atom is -0.345 e. The lowest BCUT2D eigenvalue weighted by atomic mass is 10.1. The van der Waals surface area contributed by atoms with Crippen molar-refractivity contribution in [1.82, 2.24) is 40.3 Å². The molecule has 4 aromatic rings. The summed E-state index contributed by atoms with van der Waals surface area (Å²) in [7, 11) is 3.36. The van der Waals surface area contributed by atoms with E-state index in [-0.39, 0.29) is 11.8 Å². The zero-order chi connectivity index (χ0) is 25.1. The van der Waals surface area contributed by atoms with Gasteiger partial charge in [0.15, 0.2) is 11.5 Å². The molecular formula is C24H25N9O2. The first-order valence-corrected chi connectivity index (χ1v) is 10.9. The number of aromatic nitrogens is 6. The highest BCUT2D eigenvalue weighted by Gasteiger charge is 2.19. The number of allylic oxidation sites excluding steroid dienone is 3.